The number of carbonyl (C=O) groups is 1. The smallest absolute Gasteiger partial charge is 0.203 e. The van der Waals surface area contributed by atoms with Crippen molar-refractivity contribution in [3.8, 4) is 11.8 Å². The Labute approximate surface area is 82.2 Å². The molecule has 0 radical (unpaired) electrons. The summed E-state index contributed by atoms with van der Waals surface area (Å²) in [5, 5.41) is 8.49. The van der Waals surface area contributed by atoms with Gasteiger partial charge in [-0.15, -0.1) is 0 Å². The van der Waals surface area contributed by atoms with Gasteiger partial charge in [0.2, 0.25) is 5.78 Å². The second-order valence-electron chi connectivity index (χ2n) is 2.65. The van der Waals surface area contributed by atoms with Crippen LogP contribution in [-0.2, 0) is 0 Å². The number of hydrogen-bond acceptors (Lipinski definition) is 3. The molecule has 0 N–H and O–H groups in total. The Morgan fingerprint density at radius 3 is 2.86 bits per heavy atom. The number of allylic oxidation sites excluding steroid dienone is 1. The zero-order valence-corrected chi connectivity index (χ0v) is 7.78. The van der Waals surface area contributed by atoms with Gasteiger partial charge in [-0.05, 0) is 12.1 Å². The second-order valence-corrected chi connectivity index (χ2v) is 2.65. The molecule has 0 aliphatic heterocycles. The number of ketones is 1. The summed E-state index contributed by atoms with van der Waals surface area (Å²) in [6.45, 7) is 3.35. The summed E-state index contributed by atoms with van der Waals surface area (Å²) >= 11 is 0. The summed E-state index contributed by atoms with van der Waals surface area (Å²) in [5.41, 5.74) is 0.342. The number of Topliss-reactive ketones (excluding diaryl/α,β-unsaturated/α-hetero) is 1. The summed E-state index contributed by atoms with van der Waals surface area (Å²) in [4.78, 5) is 11.5. The molecule has 3 heteroatoms. The molecule has 70 valence electrons. The molecular formula is C11H9NO2. The van der Waals surface area contributed by atoms with Crippen molar-refractivity contribution in [1.29, 1.82) is 5.26 Å². The van der Waals surface area contributed by atoms with E-state index in [0.29, 0.717) is 11.3 Å². The monoisotopic (exact) mass is 187 g/mol. The number of ether oxygens (including phenoxy) is 1. The lowest BCUT2D eigenvalue weighted by Crippen LogP contribution is -2.00. The Bertz CT molecular complexity index is 416. The average molecular weight is 187 g/mol. The third-order valence-corrected chi connectivity index (χ3v) is 1.74. The molecule has 0 unspecified atom stereocenters. The summed E-state index contributed by atoms with van der Waals surface area (Å²) in [6, 6.07) is 8.33. The van der Waals surface area contributed by atoms with Crippen LogP contribution in [0.2, 0.25) is 0 Å². The molecule has 0 amide bonds. The zero-order valence-electron chi connectivity index (χ0n) is 7.78. The predicted molar refractivity (Wildman–Crippen MR) is 52.1 cm³/mol. The van der Waals surface area contributed by atoms with Gasteiger partial charge in [0.25, 0.3) is 0 Å². The van der Waals surface area contributed by atoms with Gasteiger partial charge in [-0.2, -0.15) is 5.26 Å². The van der Waals surface area contributed by atoms with E-state index in [2.05, 4.69) is 6.58 Å². The van der Waals surface area contributed by atoms with Gasteiger partial charge in [-0.3, -0.25) is 4.79 Å². The van der Waals surface area contributed by atoms with Crippen LogP contribution in [0.5, 0.6) is 5.75 Å². The first-order valence-corrected chi connectivity index (χ1v) is 3.97. The third-order valence-electron chi connectivity index (χ3n) is 1.74. The van der Waals surface area contributed by atoms with Gasteiger partial charge in [-0.1, -0.05) is 18.7 Å². The van der Waals surface area contributed by atoms with Crippen LogP contribution in [0.4, 0.5) is 0 Å². The summed E-state index contributed by atoms with van der Waals surface area (Å²) in [7, 11) is 1.52. The molecule has 0 aliphatic carbocycles. The lowest BCUT2D eigenvalue weighted by molar-refractivity contribution is 0.103. The number of nitriles is 1. The molecule has 0 saturated carbocycles. The number of carbonyl (C=O) groups excluding carboxylic acids is 1. The van der Waals surface area contributed by atoms with Gasteiger partial charge < -0.3 is 4.74 Å². The normalized spacial score (nSPS) is 8.86. The molecule has 0 fully saturated rings. The van der Waals surface area contributed by atoms with Crippen LogP contribution < -0.4 is 4.74 Å². The van der Waals surface area contributed by atoms with Crippen molar-refractivity contribution < 1.29 is 9.53 Å². The topological polar surface area (TPSA) is 50.1 Å². The Kier molecular flexibility index (Phi) is 3.03. The fourth-order valence-corrected chi connectivity index (χ4v) is 0.989. The van der Waals surface area contributed by atoms with Gasteiger partial charge in [-0.25, -0.2) is 0 Å². The van der Waals surface area contributed by atoms with Gasteiger partial charge in [0.15, 0.2) is 0 Å². The minimum atomic E-state index is -0.369. The average Bonchev–Trinajstić information content (AvgIpc) is 2.27. The van der Waals surface area contributed by atoms with Crippen molar-refractivity contribution in [3.05, 3.63) is 42.0 Å². The lowest BCUT2D eigenvalue weighted by Gasteiger charge is -2.01. The van der Waals surface area contributed by atoms with E-state index in [-0.39, 0.29) is 11.4 Å². The van der Waals surface area contributed by atoms with E-state index in [4.69, 9.17) is 10.00 Å². The number of hydrogen-bond donors (Lipinski definition) is 0. The highest BCUT2D eigenvalue weighted by Gasteiger charge is 2.09. The van der Waals surface area contributed by atoms with E-state index in [0.717, 1.165) is 0 Å². The van der Waals surface area contributed by atoms with Crippen molar-refractivity contribution in [1.82, 2.24) is 0 Å². The van der Waals surface area contributed by atoms with Crippen molar-refractivity contribution in [2.45, 2.75) is 0 Å². The van der Waals surface area contributed by atoms with Gasteiger partial charge in [0.1, 0.15) is 11.8 Å². The number of nitrogens with zero attached hydrogens (tertiary/aromatic N) is 1. The fourth-order valence-electron chi connectivity index (χ4n) is 0.989. The van der Waals surface area contributed by atoms with Crippen molar-refractivity contribution in [2.24, 2.45) is 0 Å². The van der Waals surface area contributed by atoms with Crippen LogP contribution in [-0.4, -0.2) is 12.9 Å². The van der Waals surface area contributed by atoms with E-state index in [9.17, 15) is 4.79 Å². The Hall–Kier alpha value is -2.08. The molecule has 0 heterocycles. The first-order valence-electron chi connectivity index (χ1n) is 3.97. The SMILES string of the molecule is C=C(C#N)C(=O)c1cccc(OC)c1. The fraction of sp³-hybridized carbons (Fsp3) is 0.0909. The van der Waals surface area contributed by atoms with Crippen LogP contribution in [0.3, 0.4) is 0 Å². The molecule has 1 rings (SSSR count). The molecule has 14 heavy (non-hydrogen) atoms. The minimum Gasteiger partial charge on any atom is -0.497 e. The van der Waals surface area contributed by atoms with Crippen LogP contribution in [0.1, 0.15) is 10.4 Å². The van der Waals surface area contributed by atoms with Crippen molar-refractivity contribution in [3.63, 3.8) is 0 Å². The molecule has 3 nitrogen and oxygen atoms in total. The number of methoxy groups -OCH3 is 1. The molecule has 0 bridgehead atoms. The maximum atomic E-state index is 11.5. The number of rotatable bonds is 3. The van der Waals surface area contributed by atoms with Gasteiger partial charge in [0.05, 0.1) is 12.7 Å². The summed E-state index contributed by atoms with van der Waals surface area (Å²) in [6.07, 6.45) is 0. The van der Waals surface area contributed by atoms with E-state index < -0.39 is 0 Å². The van der Waals surface area contributed by atoms with Gasteiger partial charge >= 0.3 is 0 Å². The highest BCUT2D eigenvalue weighted by molar-refractivity contribution is 6.10. The van der Waals surface area contributed by atoms with Crippen LogP contribution in [0.15, 0.2) is 36.4 Å². The van der Waals surface area contributed by atoms with Crippen LogP contribution in [0.25, 0.3) is 0 Å². The molecule has 0 saturated heterocycles. The van der Waals surface area contributed by atoms with Crippen molar-refractivity contribution >= 4 is 5.78 Å². The molecule has 0 atom stereocenters. The highest BCUT2D eigenvalue weighted by Crippen LogP contribution is 2.14. The molecular weight excluding hydrogens is 178 g/mol. The maximum Gasteiger partial charge on any atom is 0.203 e. The third kappa shape index (κ3) is 1.99. The maximum absolute atomic E-state index is 11.5. The Morgan fingerprint density at radius 1 is 1.57 bits per heavy atom. The molecule has 0 aliphatic rings. The van der Waals surface area contributed by atoms with Gasteiger partial charge in [0, 0.05) is 5.56 Å². The van der Waals surface area contributed by atoms with E-state index in [1.807, 2.05) is 0 Å². The van der Waals surface area contributed by atoms with E-state index >= 15 is 0 Å². The molecule has 0 spiro atoms. The Morgan fingerprint density at radius 2 is 2.29 bits per heavy atom. The van der Waals surface area contributed by atoms with Crippen LogP contribution in [0, 0.1) is 11.3 Å². The zero-order chi connectivity index (χ0) is 10.6. The van der Waals surface area contributed by atoms with Crippen LogP contribution >= 0.6 is 0 Å². The number of benzene rings is 1. The van der Waals surface area contributed by atoms with Crippen molar-refractivity contribution in [2.75, 3.05) is 7.11 Å². The van der Waals surface area contributed by atoms with E-state index in [1.165, 1.54) is 7.11 Å². The Balaban J connectivity index is 3.03. The molecule has 0 aromatic heterocycles. The first-order chi connectivity index (χ1) is 6.69. The quantitative estimate of drug-likeness (QED) is 0.413. The molecule has 1 aromatic carbocycles. The highest BCUT2D eigenvalue weighted by atomic mass is 16.5. The largest absolute Gasteiger partial charge is 0.497 e. The summed E-state index contributed by atoms with van der Waals surface area (Å²) < 4.78 is 4.95. The first kappa shape index (κ1) is 10.0. The standard InChI is InChI=1S/C11H9NO2/c1-8(7-12)11(13)9-4-3-5-10(6-9)14-2/h3-6H,1H2,2H3. The summed E-state index contributed by atoms with van der Waals surface area (Å²) in [5.74, 6) is 0.216. The predicted octanol–water partition coefficient (Wildman–Crippen LogP) is 1.96. The minimum absolute atomic E-state index is 0.0711. The molecule has 1 aromatic rings. The second kappa shape index (κ2) is 4.24. The van der Waals surface area contributed by atoms with E-state index in [1.54, 1.807) is 30.3 Å². The lowest BCUT2D eigenvalue weighted by atomic mass is 10.1.